The first kappa shape index (κ1) is 16.0. The molecule has 0 fully saturated rings. The second-order valence-electron chi connectivity index (χ2n) is 5.36. The van der Waals surface area contributed by atoms with E-state index in [4.69, 9.17) is 21.6 Å². The number of fused-ring (bicyclic) bond motifs is 1. The van der Waals surface area contributed by atoms with Crippen LogP contribution in [-0.4, -0.2) is 15.9 Å². The fourth-order valence-corrected chi connectivity index (χ4v) is 2.75. The normalized spacial score (nSPS) is 12.8. The van der Waals surface area contributed by atoms with Crippen LogP contribution in [0.1, 0.15) is 32.7 Å². The molecule has 0 bridgehead atoms. The highest BCUT2D eigenvalue weighted by molar-refractivity contribution is 6.28. The van der Waals surface area contributed by atoms with E-state index in [9.17, 15) is 4.79 Å². The van der Waals surface area contributed by atoms with Gasteiger partial charge in [0.25, 0.3) is 5.91 Å². The van der Waals surface area contributed by atoms with Crippen LogP contribution < -0.4 is 10.1 Å². The zero-order valence-corrected chi connectivity index (χ0v) is 13.8. The molecule has 1 aliphatic rings. The van der Waals surface area contributed by atoms with Crippen LogP contribution in [0.15, 0.2) is 18.2 Å². The smallest absolute Gasteiger partial charge is 0.270 e. The molecule has 6 nitrogen and oxygen atoms in total. The largest absolute Gasteiger partial charge is 0.438 e. The van der Waals surface area contributed by atoms with Crippen molar-refractivity contribution in [3.8, 4) is 17.7 Å². The van der Waals surface area contributed by atoms with Crippen molar-refractivity contribution in [3.63, 3.8) is 0 Å². The first-order chi connectivity index (χ1) is 11.5. The van der Waals surface area contributed by atoms with Gasteiger partial charge in [0, 0.05) is 6.08 Å². The van der Waals surface area contributed by atoms with Crippen LogP contribution in [0.3, 0.4) is 0 Å². The summed E-state index contributed by atoms with van der Waals surface area (Å²) >= 11 is 5.90. The van der Waals surface area contributed by atoms with Gasteiger partial charge in [0.05, 0.1) is 18.2 Å². The summed E-state index contributed by atoms with van der Waals surface area (Å²) in [5.41, 5.74) is 3.51. The molecule has 0 saturated heterocycles. The van der Waals surface area contributed by atoms with Crippen molar-refractivity contribution in [2.75, 3.05) is 0 Å². The average Bonchev–Trinajstić information content (AvgIpc) is 2.90. The molecule has 1 aliphatic heterocycles. The Morgan fingerprint density at radius 1 is 1.33 bits per heavy atom. The molecule has 7 heteroatoms. The summed E-state index contributed by atoms with van der Waals surface area (Å²) in [5, 5.41) is 11.3. The lowest BCUT2D eigenvalue weighted by Crippen LogP contribution is -2.13. The van der Waals surface area contributed by atoms with Crippen molar-refractivity contribution >= 4 is 23.6 Å². The highest BCUT2D eigenvalue weighted by atomic mass is 35.5. The van der Waals surface area contributed by atoms with E-state index >= 15 is 0 Å². The van der Waals surface area contributed by atoms with Gasteiger partial charge < -0.3 is 10.1 Å². The third-order valence-corrected chi connectivity index (χ3v) is 3.78. The molecule has 0 atom stereocenters. The molecule has 2 aromatic rings. The summed E-state index contributed by atoms with van der Waals surface area (Å²) in [7, 11) is 0. The predicted octanol–water partition coefficient (Wildman–Crippen LogP) is 3.32. The maximum atomic E-state index is 11.8. The number of aromatic nitrogens is 2. The number of aryl methyl sites for hydroxylation is 2. The van der Waals surface area contributed by atoms with Gasteiger partial charge in [-0.05, 0) is 60.3 Å². The van der Waals surface area contributed by atoms with Gasteiger partial charge in [-0.3, -0.25) is 4.79 Å². The molecule has 0 radical (unpaired) electrons. The molecule has 0 aliphatic carbocycles. The zero-order valence-electron chi connectivity index (χ0n) is 13.1. The van der Waals surface area contributed by atoms with E-state index in [1.165, 1.54) is 6.08 Å². The monoisotopic (exact) mass is 340 g/mol. The first-order valence-electron chi connectivity index (χ1n) is 7.19. The Hall–Kier alpha value is -2.91. The summed E-state index contributed by atoms with van der Waals surface area (Å²) < 4.78 is 5.95. The molecular formula is C17H13ClN4O2. The predicted molar refractivity (Wildman–Crippen MR) is 88.8 cm³/mol. The Morgan fingerprint density at radius 2 is 2.04 bits per heavy atom. The van der Waals surface area contributed by atoms with Crippen molar-refractivity contribution in [2.45, 2.75) is 20.4 Å². The lowest BCUT2D eigenvalue weighted by atomic mass is 10.1. The van der Waals surface area contributed by atoms with E-state index < -0.39 is 0 Å². The zero-order chi connectivity index (χ0) is 17.3. The number of rotatable bonds is 3. The molecular weight excluding hydrogens is 328 g/mol. The summed E-state index contributed by atoms with van der Waals surface area (Å²) in [6.45, 7) is 4.11. The molecule has 1 aromatic carbocycles. The highest BCUT2D eigenvalue weighted by Gasteiger charge is 2.27. The van der Waals surface area contributed by atoms with Gasteiger partial charge in [-0.2, -0.15) is 10.2 Å². The van der Waals surface area contributed by atoms with Crippen molar-refractivity contribution in [3.05, 3.63) is 51.4 Å². The number of nitrogens with zero attached hydrogens (tertiary/aromatic N) is 3. The number of halogens is 1. The van der Waals surface area contributed by atoms with Gasteiger partial charge in [0.1, 0.15) is 11.4 Å². The van der Waals surface area contributed by atoms with Gasteiger partial charge in [-0.15, -0.1) is 0 Å². The van der Waals surface area contributed by atoms with E-state index in [2.05, 4.69) is 15.3 Å². The van der Waals surface area contributed by atoms with Crippen LogP contribution in [-0.2, 0) is 6.54 Å². The summed E-state index contributed by atoms with van der Waals surface area (Å²) in [6, 6.07) is 5.78. The van der Waals surface area contributed by atoms with E-state index in [1.54, 1.807) is 6.08 Å². The van der Waals surface area contributed by atoms with E-state index in [-0.39, 0.29) is 22.8 Å². The van der Waals surface area contributed by atoms with Gasteiger partial charge in [0.15, 0.2) is 0 Å². The van der Waals surface area contributed by atoms with Crippen LogP contribution in [0, 0.1) is 25.2 Å². The summed E-state index contributed by atoms with van der Waals surface area (Å²) in [5.74, 6) is 0.625. The van der Waals surface area contributed by atoms with E-state index in [1.807, 2.05) is 32.0 Å². The maximum Gasteiger partial charge on any atom is 0.270 e. The summed E-state index contributed by atoms with van der Waals surface area (Å²) in [4.78, 5) is 19.8. The third kappa shape index (κ3) is 2.94. The van der Waals surface area contributed by atoms with Gasteiger partial charge in [-0.1, -0.05) is 0 Å². The van der Waals surface area contributed by atoms with Gasteiger partial charge >= 0.3 is 0 Å². The standard InChI is InChI=1S/C17H13ClN4O2/c1-9-6-11(4-3-5-19)7-10(2)14(9)24-16-12-8-20-15(23)13(12)21-17(18)22-16/h3-4,6-7H,8H2,1-2H3,(H,20,23)/b4-3+. The molecule has 1 aromatic heterocycles. The number of hydrogen-bond acceptors (Lipinski definition) is 5. The minimum atomic E-state index is -0.287. The van der Waals surface area contributed by atoms with Crippen molar-refractivity contribution in [2.24, 2.45) is 0 Å². The van der Waals surface area contributed by atoms with Gasteiger partial charge in [-0.25, -0.2) is 4.98 Å². The van der Waals surface area contributed by atoms with Crippen LogP contribution in [0.25, 0.3) is 6.08 Å². The summed E-state index contributed by atoms with van der Waals surface area (Å²) in [6.07, 6.45) is 3.15. The molecule has 2 heterocycles. The molecule has 1 N–H and O–H groups in total. The minimum absolute atomic E-state index is 0.0373. The number of carbonyl (C=O) groups is 1. The minimum Gasteiger partial charge on any atom is -0.438 e. The Balaban J connectivity index is 2.01. The number of nitrogens with one attached hydrogen (secondary N) is 1. The average molecular weight is 341 g/mol. The Bertz CT molecular complexity index is 893. The molecule has 24 heavy (non-hydrogen) atoms. The molecule has 3 rings (SSSR count). The lowest BCUT2D eigenvalue weighted by molar-refractivity contribution is 0.0961. The number of ether oxygens (including phenoxy) is 1. The highest BCUT2D eigenvalue weighted by Crippen LogP contribution is 2.33. The molecule has 120 valence electrons. The number of benzene rings is 1. The first-order valence-corrected chi connectivity index (χ1v) is 7.57. The van der Waals surface area contributed by atoms with Gasteiger partial charge in [0.2, 0.25) is 11.2 Å². The lowest BCUT2D eigenvalue weighted by Gasteiger charge is -2.14. The van der Waals surface area contributed by atoms with Crippen LogP contribution >= 0.6 is 11.6 Å². The second kappa shape index (κ2) is 6.30. The number of allylic oxidation sites excluding steroid dienone is 1. The molecule has 0 spiro atoms. The van der Waals surface area contributed by atoms with Crippen LogP contribution in [0.4, 0.5) is 0 Å². The fourth-order valence-electron chi connectivity index (χ4n) is 2.59. The number of amides is 1. The maximum absolute atomic E-state index is 11.8. The van der Waals surface area contributed by atoms with E-state index in [0.717, 1.165) is 16.7 Å². The fraction of sp³-hybridized carbons (Fsp3) is 0.176. The van der Waals surface area contributed by atoms with Crippen LogP contribution in [0.2, 0.25) is 5.28 Å². The number of carbonyl (C=O) groups excluding carboxylic acids is 1. The van der Waals surface area contributed by atoms with Crippen molar-refractivity contribution in [1.29, 1.82) is 5.26 Å². The second-order valence-corrected chi connectivity index (χ2v) is 5.69. The van der Waals surface area contributed by atoms with Crippen molar-refractivity contribution in [1.82, 2.24) is 15.3 Å². The quantitative estimate of drug-likeness (QED) is 0.684. The molecule has 0 saturated carbocycles. The SMILES string of the molecule is Cc1cc(/C=C/C#N)cc(C)c1Oc1nc(Cl)nc2c1CNC2=O. The van der Waals surface area contributed by atoms with Crippen LogP contribution in [0.5, 0.6) is 11.6 Å². The Labute approximate surface area is 143 Å². The molecule has 0 unspecified atom stereocenters. The Morgan fingerprint density at radius 3 is 2.71 bits per heavy atom. The molecule has 1 amide bonds. The Kier molecular flexibility index (Phi) is 4.19. The number of hydrogen-bond donors (Lipinski definition) is 1. The van der Waals surface area contributed by atoms with Crippen molar-refractivity contribution < 1.29 is 9.53 Å². The topological polar surface area (TPSA) is 87.9 Å². The third-order valence-electron chi connectivity index (χ3n) is 3.61. The van der Waals surface area contributed by atoms with E-state index in [0.29, 0.717) is 17.9 Å². The number of nitriles is 1.